The number of carboxylic acid groups (broad SMARTS) is 1. The van der Waals surface area contributed by atoms with Crippen LogP contribution in [0.4, 0.5) is 4.39 Å². The predicted octanol–water partition coefficient (Wildman–Crippen LogP) is 4.92. The molecule has 108 valence electrons. The van der Waals surface area contributed by atoms with Crippen LogP contribution in [0.25, 0.3) is 11.1 Å². The smallest absolute Gasteiger partial charge is 0.314 e. The van der Waals surface area contributed by atoms with Crippen molar-refractivity contribution in [1.29, 1.82) is 0 Å². The Hall–Kier alpha value is -1.58. The molecule has 5 heteroatoms. The van der Waals surface area contributed by atoms with Crippen molar-refractivity contribution in [2.45, 2.75) is 18.3 Å². The fraction of sp³-hybridized carbons (Fsp3) is 0.188. The van der Waals surface area contributed by atoms with Crippen molar-refractivity contribution in [3.63, 3.8) is 0 Å². The van der Waals surface area contributed by atoms with Gasteiger partial charge in [0.15, 0.2) is 0 Å². The van der Waals surface area contributed by atoms with Gasteiger partial charge in [0.05, 0.1) is 5.41 Å². The second-order valence-corrected chi connectivity index (χ2v) is 6.11. The van der Waals surface area contributed by atoms with Crippen molar-refractivity contribution in [2.75, 3.05) is 0 Å². The van der Waals surface area contributed by atoms with Gasteiger partial charge in [-0.3, -0.25) is 4.79 Å². The van der Waals surface area contributed by atoms with Crippen LogP contribution in [0.3, 0.4) is 0 Å². The maximum atomic E-state index is 14.3. The lowest BCUT2D eigenvalue weighted by molar-refractivity contribution is -0.140. The zero-order chi connectivity index (χ0) is 15.2. The van der Waals surface area contributed by atoms with Crippen molar-refractivity contribution < 1.29 is 14.3 Å². The van der Waals surface area contributed by atoms with Crippen molar-refractivity contribution >= 4 is 29.2 Å². The van der Waals surface area contributed by atoms with Gasteiger partial charge in [0.25, 0.3) is 0 Å². The molecule has 0 aromatic heterocycles. The predicted molar refractivity (Wildman–Crippen MR) is 80.4 cm³/mol. The first-order valence-electron chi connectivity index (χ1n) is 6.42. The van der Waals surface area contributed by atoms with Crippen LogP contribution in [-0.4, -0.2) is 11.1 Å². The molecular formula is C16H11Cl2FO2. The first-order chi connectivity index (χ1) is 9.92. The number of hydrogen-bond donors (Lipinski definition) is 1. The van der Waals surface area contributed by atoms with E-state index in [0.717, 1.165) is 0 Å². The molecule has 0 radical (unpaired) electrons. The largest absolute Gasteiger partial charge is 0.481 e. The van der Waals surface area contributed by atoms with Crippen LogP contribution in [-0.2, 0) is 10.2 Å². The Morgan fingerprint density at radius 2 is 1.71 bits per heavy atom. The lowest BCUT2D eigenvalue weighted by atomic mass is 9.93. The van der Waals surface area contributed by atoms with Gasteiger partial charge >= 0.3 is 5.97 Å². The first-order valence-corrected chi connectivity index (χ1v) is 7.18. The second kappa shape index (κ2) is 5.00. The molecule has 0 amide bonds. The monoisotopic (exact) mass is 324 g/mol. The molecule has 1 aliphatic carbocycles. The lowest BCUT2D eigenvalue weighted by Gasteiger charge is -2.12. The fourth-order valence-electron chi connectivity index (χ4n) is 2.51. The Bertz CT molecular complexity index is 719. The fourth-order valence-corrected chi connectivity index (χ4v) is 3.03. The summed E-state index contributed by atoms with van der Waals surface area (Å²) in [4.78, 5) is 11.3. The van der Waals surface area contributed by atoms with E-state index < -0.39 is 17.2 Å². The van der Waals surface area contributed by atoms with Gasteiger partial charge in [-0.05, 0) is 48.2 Å². The zero-order valence-corrected chi connectivity index (χ0v) is 12.4. The van der Waals surface area contributed by atoms with E-state index in [0.29, 0.717) is 39.6 Å². The third-order valence-corrected chi connectivity index (χ3v) is 4.29. The third-order valence-electron chi connectivity index (χ3n) is 3.85. The van der Waals surface area contributed by atoms with Crippen LogP contribution in [0.15, 0.2) is 36.4 Å². The number of halogens is 3. The van der Waals surface area contributed by atoms with E-state index in [-0.39, 0.29) is 0 Å². The van der Waals surface area contributed by atoms with Gasteiger partial charge in [0.2, 0.25) is 0 Å². The van der Waals surface area contributed by atoms with Gasteiger partial charge < -0.3 is 5.11 Å². The molecule has 2 aromatic rings. The number of rotatable bonds is 3. The van der Waals surface area contributed by atoms with Crippen molar-refractivity contribution in [3.05, 3.63) is 57.8 Å². The summed E-state index contributed by atoms with van der Waals surface area (Å²) in [7, 11) is 0. The highest BCUT2D eigenvalue weighted by molar-refractivity contribution is 6.35. The van der Waals surface area contributed by atoms with Crippen LogP contribution in [0.2, 0.25) is 10.0 Å². The summed E-state index contributed by atoms with van der Waals surface area (Å²) in [6, 6.07) is 9.35. The highest BCUT2D eigenvalue weighted by atomic mass is 35.5. The normalized spacial score (nSPS) is 15.8. The van der Waals surface area contributed by atoms with Crippen LogP contribution < -0.4 is 0 Å². The van der Waals surface area contributed by atoms with Crippen molar-refractivity contribution in [3.8, 4) is 11.1 Å². The Balaban J connectivity index is 2.04. The van der Waals surface area contributed by atoms with Crippen LogP contribution in [0.1, 0.15) is 18.4 Å². The second-order valence-electron chi connectivity index (χ2n) is 5.24. The molecule has 3 rings (SSSR count). The van der Waals surface area contributed by atoms with Crippen molar-refractivity contribution in [2.24, 2.45) is 0 Å². The van der Waals surface area contributed by atoms with Gasteiger partial charge in [0, 0.05) is 15.6 Å². The molecule has 0 unspecified atom stereocenters. The van der Waals surface area contributed by atoms with E-state index in [1.165, 1.54) is 6.07 Å². The van der Waals surface area contributed by atoms with E-state index in [4.69, 9.17) is 23.2 Å². The Kier molecular flexibility index (Phi) is 3.42. The average molecular weight is 325 g/mol. The summed E-state index contributed by atoms with van der Waals surface area (Å²) in [5, 5.41) is 10.1. The van der Waals surface area contributed by atoms with E-state index in [1.54, 1.807) is 30.3 Å². The number of carbonyl (C=O) groups is 1. The molecule has 0 saturated heterocycles. The summed E-state index contributed by atoms with van der Waals surface area (Å²) in [6.45, 7) is 0. The standard InChI is InChI=1S/C16H11Cl2FO2/c17-11-5-9(6-12(18)8-11)13-2-1-10(7-14(13)19)16(3-4-16)15(20)21/h1-2,5-8H,3-4H2,(H,20,21). The average Bonchev–Trinajstić information content (AvgIpc) is 3.18. The van der Waals surface area contributed by atoms with Gasteiger partial charge in [-0.25, -0.2) is 4.39 Å². The molecule has 0 bridgehead atoms. The molecule has 0 aliphatic heterocycles. The topological polar surface area (TPSA) is 37.3 Å². The minimum Gasteiger partial charge on any atom is -0.481 e. The van der Waals surface area contributed by atoms with E-state index in [9.17, 15) is 14.3 Å². The molecule has 0 atom stereocenters. The lowest BCUT2D eigenvalue weighted by Crippen LogP contribution is -2.19. The van der Waals surface area contributed by atoms with Crippen molar-refractivity contribution in [1.82, 2.24) is 0 Å². The van der Waals surface area contributed by atoms with Gasteiger partial charge in [-0.15, -0.1) is 0 Å². The highest BCUT2D eigenvalue weighted by Gasteiger charge is 2.51. The maximum Gasteiger partial charge on any atom is 0.314 e. The molecule has 2 nitrogen and oxygen atoms in total. The van der Waals surface area contributed by atoms with Crippen LogP contribution >= 0.6 is 23.2 Å². The quantitative estimate of drug-likeness (QED) is 0.870. The van der Waals surface area contributed by atoms with Crippen LogP contribution in [0, 0.1) is 5.82 Å². The third kappa shape index (κ3) is 2.52. The van der Waals surface area contributed by atoms with E-state index in [1.807, 2.05) is 0 Å². The summed E-state index contributed by atoms with van der Waals surface area (Å²) < 4.78 is 14.3. The van der Waals surface area contributed by atoms with Gasteiger partial charge in [-0.1, -0.05) is 35.3 Å². The summed E-state index contributed by atoms with van der Waals surface area (Å²) in [6.07, 6.45) is 1.09. The Morgan fingerprint density at radius 3 is 2.19 bits per heavy atom. The zero-order valence-electron chi connectivity index (χ0n) is 10.9. The number of hydrogen-bond acceptors (Lipinski definition) is 1. The van der Waals surface area contributed by atoms with E-state index in [2.05, 4.69) is 0 Å². The molecule has 1 saturated carbocycles. The summed E-state index contributed by atoms with van der Waals surface area (Å²) in [5.41, 5.74) is 0.510. The molecule has 0 heterocycles. The van der Waals surface area contributed by atoms with E-state index >= 15 is 0 Å². The Morgan fingerprint density at radius 1 is 1.10 bits per heavy atom. The van der Waals surface area contributed by atoms with Gasteiger partial charge in [0.1, 0.15) is 5.82 Å². The summed E-state index contributed by atoms with van der Waals surface area (Å²) in [5.74, 6) is -1.38. The molecular weight excluding hydrogens is 314 g/mol. The molecule has 21 heavy (non-hydrogen) atoms. The molecule has 1 aliphatic rings. The minimum atomic E-state index is -0.911. The molecule has 1 N–H and O–H groups in total. The maximum absolute atomic E-state index is 14.3. The first kappa shape index (κ1) is 14.4. The van der Waals surface area contributed by atoms with Crippen LogP contribution in [0.5, 0.6) is 0 Å². The number of benzene rings is 2. The van der Waals surface area contributed by atoms with Gasteiger partial charge in [-0.2, -0.15) is 0 Å². The molecule has 1 fully saturated rings. The SMILES string of the molecule is O=C(O)C1(c2ccc(-c3cc(Cl)cc(Cl)c3)c(F)c2)CC1. The number of aliphatic carboxylic acids is 1. The minimum absolute atomic E-state index is 0.351. The summed E-state index contributed by atoms with van der Waals surface area (Å²) >= 11 is 11.8. The molecule has 2 aromatic carbocycles. The number of carboxylic acids is 1. The Labute approximate surface area is 131 Å². The highest BCUT2D eigenvalue weighted by Crippen LogP contribution is 2.49. The molecule has 0 spiro atoms.